The van der Waals surface area contributed by atoms with Crippen molar-refractivity contribution in [3.05, 3.63) is 71.3 Å². The molecule has 192 valence electrons. The molecule has 1 aliphatic rings. The monoisotopic (exact) mass is 491 g/mol. The van der Waals surface area contributed by atoms with Crippen LogP contribution in [-0.4, -0.2) is 45.8 Å². The first kappa shape index (κ1) is 25.7. The molecule has 0 radical (unpaired) electrons. The molecule has 0 saturated heterocycles. The van der Waals surface area contributed by atoms with E-state index in [1.165, 1.54) is 5.56 Å². The van der Waals surface area contributed by atoms with Crippen molar-refractivity contribution in [2.24, 2.45) is 5.92 Å². The molecular weight excluding hydrogens is 454 g/mol. The maximum Gasteiger partial charge on any atom is 0.217 e. The van der Waals surface area contributed by atoms with Crippen LogP contribution in [0, 0.1) is 5.92 Å². The van der Waals surface area contributed by atoms with E-state index < -0.39 is 0 Å². The Morgan fingerprint density at radius 2 is 1.83 bits per heavy atom. The largest absolute Gasteiger partial charge is 0.493 e. The molecule has 0 fully saturated rings. The second-order valence-corrected chi connectivity index (χ2v) is 9.79. The smallest absolute Gasteiger partial charge is 0.217 e. The summed E-state index contributed by atoms with van der Waals surface area (Å²) in [7, 11) is 1.68. The summed E-state index contributed by atoms with van der Waals surface area (Å²) < 4.78 is 13.8. The van der Waals surface area contributed by atoms with Crippen molar-refractivity contribution in [3.63, 3.8) is 0 Å². The fraction of sp³-hybridized carbons (Fsp3) is 0.464. The summed E-state index contributed by atoms with van der Waals surface area (Å²) in [6.45, 7) is 9.74. The minimum atomic E-state index is -0.122. The van der Waals surface area contributed by atoms with Crippen LogP contribution >= 0.6 is 0 Å². The van der Waals surface area contributed by atoms with E-state index >= 15 is 0 Å². The normalized spacial score (nSPS) is 14.7. The molecule has 1 N–H and O–H groups in total. The summed E-state index contributed by atoms with van der Waals surface area (Å²) in [5, 5.41) is 12.0. The van der Waals surface area contributed by atoms with Crippen LogP contribution in [0.4, 0.5) is 0 Å². The van der Waals surface area contributed by atoms with Crippen LogP contribution < -0.4 is 14.8 Å². The molecule has 0 bridgehead atoms. The summed E-state index contributed by atoms with van der Waals surface area (Å²) in [6.07, 6.45) is 1.65. The molecule has 1 aliphatic heterocycles. The van der Waals surface area contributed by atoms with Gasteiger partial charge in [-0.1, -0.05) is 50.2 Å². The Balaban J connectivity index is 1.41. The highest BCUT2D eigenvalue weighted by Gasteiger charge is 2.25. The highest BCUT2D eigenvalue weighted by atomic mass is 16.5. The van der Waals surface area contributed by atoms with E-state index in [2.05, 4.69) is 51.0 Å². The molecule has 0 unspecified atom stereocenters. The molecule has 36 heavy (non-hydrogen) atoms. The number of fused-ring (bicyclic) bond motifs is 1. The zero-order valence-corrected chi connectivity index (χ0v) is 21.7. The number of nitrogens with zero attached hydrogens (tertiary/aromatic N) is 4. The van der Waals surface area contributed by atoms with E-state index in [0.29, 0.717) is 12.5 Å². The third-order valence-corrected chi connectivity index (χ3v) is 6.42. The second kappa shape index (κ2) is 12.0. The Bertz CT molecular complexity index is 1150. The number of ether oxygens (including phenoxy) is 2. The SMILES string of the molecule is COc1cc(CN2CCc3nnc([C@@H](CC(C)C)NC(C)=O)n3CC2)ccc1OCc1ccccc1. The molecule has 0 saturated carbocycles. The molecule has 4 rings (SSSR count). The third-order valence-electron chi connectivity index (χ3n) is 6.42. The molecule has 0 spiro atoms. The molecule has 0 aliphatic carbocycles. The van der Waals surface area contributed by atoms with Crippen molar-refractivity contribution in [2.75, 3.05) is 20.2 Å². The van der Waals surface area contributed by atoms with Crippen LogP contribution in [0.25, 0.3) is 0 Å². The molecule has 3 aromatic rings. The molecule has 1 atom stereocenters. The summed E-state index contributed by atoms with van der Waals surface area (Å²) >= 11 is 0. The molecule has 2 aromatic carbocycles. The zero-order chi connectivity index (χ0) is 25.5. The first-order chi connectivity index (χ1) is 17.4. The lowest BCUT2D eigenvalue weighted by Crippen LogP contribution is -2.31. The van der Waals surface area contributed by atoms with Crippen molar-refractivity contribution >= 4 is 5.91 Å². The number of hydrogen-bond donors (Lipinski definition) is 1. The predicted molar refractivity (Wildman–Crippen MR) is 139 cm³/mol. The standard InChI is InChI=1S/C28H37N5O3/c1-20(2)16-24(29-21(3)34)28-31-30-27-12-13-32(14-15-33(27)28)18-23-10-11-25(26(17-23)35-4)36-19-22-8-6-5-7-9-22/h5-11,17,20,24H,12-16,18-19H2,1-4H3,(H,29,34)/t24-/m1/s1. The number of methoxy groups -OCH3 is 1. The molecule has 2 heterocycles. The Morgan fingerprint density at radius 3 is 2.56 bits per heavy atom. The van der Waals surface area contributed by atoms with Gasteiger partial charge >= 0.3 is 0 Å². The van der Waals surface area contributed by atoms with Crippen LogP contribution in [0.1, 0.15) is 56.0 Å². The van der Waals surface area contributed by atoms with Crippen LogP contribution in [-0.2, 0) is 30.9 Å². The summed E-state index contributed by atoms with van der Waals surface area (Å²) in [4.78, 5) is 14.2. The van der Waals surface area contributed by atoms with Gasteiger partial charge in [-0.25, -0.2) is 0 Å². The molecule has 8 heteroatoms. The fourth-order valence-electron chi connectivity index (χ4n) is 4.67. The molecule has 1 amide bonds. The van der Waals surface area contributed by atoms with Gasteiger partial charge in [-0.15, -0.1) is 10.2 Å². The van der Waals surface area contributed by atoms with E-state index in [1.807, 2.05) is 36.4 Å². The highest BCUT2D eigenvalue weighted by molar-refractivity contribution is 5.73. The van der Waals surface area contributed by atoms with Gasteiger partial charge in [0.05, 0.1) is 13.2 Å². The summed E-state index contributed by atoms with van der Waals surface area (Å²) in [5.41, 5.74) is 2.29. The van der Waals surface area contributed by atoms with Gasteiger partial charge in [-0.2, -0.15) is 0 Å². The summed E-state index contributed by atoms with van der Waals surface area (Å²) in [5.74, 6) is 3.71. The van der Waals surface area contributed by atoms with E-state index in [0.717, 1.165) is 67.7 Å². The van der Waals surface area contributed by atoms with Gasteiger partial charge in [0, 0.05) is 39.5 Å². The number of nitrogens with one attached hydrogen (secondary N) is 1. The minimum Gasteiger partial charge on any atom is -0.493 e. The molecular formula is C28H37N5O3. The van der Waals surface area contributed by atoms with Gasteiger partial charge < -0.3 is 19.4 Å². The highest BCUT2D eigenvalue weighted by Crippen LogP contribution is 2.30. The second-order valence-electron chi connectivity index (χ2n) is 9.79. The van der Waals surface area contributed by atoms with Crippen LogP contribution in [0.5, 0.6) is 11.5 Å². The number of aromatic nitrogens is 3. The van der Waals surface area contributed by atoms with Crippen LogP contribution in [0.2, 0.25) is 0 Å². The van der Waals surface area contributed by atoms with E-state index in [9.17, 15) is 4.79 Å². The maximum absolute atomic E-state index is 11.8. The van der Waals surface area contributed by atoms with Crippen LogP contribution in [0.15, 0.2) is 48.5 Å². The van der Waals surface area contributed by atoms with Crippen molar-refractivity contribution in [1.29, 1.82) is 0 Å². The zero-order valence-electron chi connectivity index (χ0n) is 21.7. The first-order valence-electron chi connectivity index (χ1n) is 12.7. The minimum absolute atomic E-state index is 0.0432. The summed E-state index contributed by atoms with van der Waals surface area (Å²) in [6, 6.07) is 16.2. The van der Waals surface area contributed by atoms with Crippen molar-refractivity contribution in [3.8, 4) is 11.5 Å². The number of hydrogen-bond acceptors (Lipinski definition) is 6. The van der Waals surface area contributed by atoms with Crippen molar-refractivity contribution in [1.82, 2.24) is 25.0 Å². The predicted octanol–water partition coefficient (Wildman–Crippen LogP) is 4.15. The van der Waals surface area contributed by atoms with Crippen molar-refractivity contribution < 1.29 is 14.3 Å². The average Bonchev–Trinajstić information content (AvgIpc) is 3.16. The third kappa shape index (κ3) is 6.63. The van der Waals surface area contributed by atoms with Gasteiger partial charge in [-0.05, 0) is 35.6 Å². The number of amides is 1. The van der Waals surface area contributed by atoms with E-state index in [4.69, 9.17) is 9.47 Å². The van der Waals surface area contributed by atoms with Gasteiger partial charge in [0.25, 0.3) is 0 Å². The molecule has 1 aromatic heterocycles. The first-order valence-corrected chi connectivity index (χ1v) is 12.7. The number of carbonyl (C=O) groups is 1. The van der Waals surface area contributed by atoms with Gasteiger partial charge in [0.1, 0.15) is 12.4 Å². The Kier molecular flexibility index (Phi) is 8.59. The lowest BCUT2D eigenvalue weighted by atomic mass is 10.0. The quantitative estimate of drug-likeness (QED) is 0.459. The Hall–Kier alpha value is -3.39. The van der Waals surface area contributed by atoms with E-state index in [1.54, 1.807) is 14.0 Å². The van der Waals surface area contributed by atoms with Gasteiger partial charge in [0.2, 0.25) is 5.91 Å². The van der Waals surface area contributed by atoms with Gasteiger partial charge in [-0.3, -0.25) is 9.69 Å². The number of benzene rings is 2. The Labute approximate surface area is 213 Å². The maximum atomic E-state index is 11.8. The Morgan fingerprint density at radius 1 is 1.03 bits per heavy atom. The average molecular weight is 492 g/mol. The fourth-order valence-corrected chi connectivity index (χ4v) is 4.67. The van der Waals surface area contributed by atoms with E-state index in [-0.39, 0.29) is 11.9 Å². The lowest BCUT2D eigenvalue weighted by Gasteiger charge is -2.22. The number of rotatable bonds is 10. The molecule has 8 nitrogen and oxygen atoms in total. The van der Waals surface area contributed by atoms with Gasteiger partial charge in [0.15, 0.2) is 17.3 Å². The topological polar surface area (TPSA) is 81.5 Å². The lowest BCUT2D eigenvalue weighted by molar-refractivity contribution is -0.119. The number of carbonyl (C=O) groups excluding carboxylic acids is 1. The van der Waals surface area contributed by atoms with Crippen LogP contribution in [0.3, 0.4) is 0 Å². The van der Waals surface area contributed by atoms with Crippen molar-refractivity contribution in [2.45, 2.75) is 59.4 Å².